The Morgan fingerprint density at radius 3 is 2.38 bits per heavy atom. The van der Waals surface area contributed by atoms with Gasteiger partial charge in [-0.3, -0.25) is 4.79 Å². The first-order chi connectivity index (χ1) is 15.1. The lowest BCUT2D eigenvalue weighted by molar-refractivity contribution is -0.104. The van der Waals surface area contributed by atoms with Crippen LogP contribution < -0.4 is 5.73 Å². The van der Waals surface area contributed by atoms with Crippen molar-refractivity contribution in [2.24, 2.45) is 11.1 Å². The van der Waals surface area contributed by atoms with Gasteiger partial charge in [-0.2, -0.15) is 0 Å². The monoisotopic (exact) mass is 437 g/mol. The Balaban J connectivity index is 0.000000389. The quantitative estimate of drug-likeness (QED) is 0.202. The number of nitrogens with two attached hydrogens (primary N) is 1. The zero-order chi connectivity index (χ0) is 24.1. The minimum absolute atomic E-state index is 0.0871. The molecule has 0 unspecified atom stereocenters. The van der Waals surface area contributed by atoms with E-state index in [1.807, 2.05) is 19.1 Å². The third-order valence-corrected chi connectivity index (χ3v) is 5.58. The number of carbonyl (C=O) groups excluding carboxylic acids is 1. The first kappa shape index (κ1) is 27.2. The second-order valence-corrected chi connectivity index (χ2v) is 8.94. The highest BCUT2D eigenvalue weighted by Crippen LogP contribution is 2.40. The number of rotatable bonds is 7. The number of carbonyl (C=O) groups is 1. The van der Waals surface area contributed by atoms with Crippen molar-refractivity contribution in [3.05, 3.63) is 82.5 Å². The summed E-state index contributed by atoms with van der Waals surface area (Å²) in [5.74, 6) is -0.179. The molecule has 0 atom stereocenters. The van der Waals surface area contributed by atoms with Crippen molar-refractivity contribution in [1.82, 2.24) is 0 Å². The molecule has 1 aliphatic carbocycles. The van der Waals surface area contributed by atoms with E-state index in [0.29, 0.717) is 13.0 Å². The highest BCUT2D eigenvalue weighted by atomic mass is 16.3. The number of hydrogen-bond acceptors (Lipinski definition) is 4. The zero-order valence-corrected chi connectivity index (χ0v) is 20.2. The van der Waals surface area contributed by atoms with Crippen LogP contribution in [0.15, 0.2) is 76.9 Å². The fraction of sp³-hybridized carbons (Fsp3) is 0.393. The van der Waals surface area contributed by atoms with Crippen LogP contribution in [0.5, 0.6) is 11.5 Å². The average molecular weight is 438 g/mol. The highest BCUT2D eigenvalue weighted by Gasteiger charge is 2.26. The van der Waals surface area contributed by atoms with Crippen LogP contribution in [0.1, 0.15) is 59.4 Å². The summed E-state index contributed by atoms with van der Waals surface area (Å²) in [5, 5.41) is 18.0. The Hall–Kier alpha value is -2.85. The van der Waals surface area contributed by atoms with Gasteiger partial charge in [-0.05, 0) is 93.3 Å². The lowest BCUT2D eigenvalue weighted by Gasteiger charge is -2.32. The van der Waals surface area contributed by atoms with E-state index in [0.717, 1.165) is 17.4 Å². The Bertz CT molecular complexity index is 915. The third-order valence-electron chi connectivity index (χ3n) is 5.58. The number of allylic oxidation sites excluding steroid dienone is 10. The fourth-order valence-corrected chi connectivity index (χ4v) is 3.69. The Morgan fingerprint density at radius 2 is 1.78 bits per heavy atom. The van der Waals surface area contributed by atoms with Crippen molar-refractivity contribution in [2.45, 2.75) is 60.3 Å². The predicted octanol–water partition coefficient (Wildman–Crippen LogP) is 6.32. The van der Waals surface area contributed by atoms with Gasteiger partial charge in [0.05, 0.1) is 0 Å². The van der Waals surface area contributed by atoms with Crippen LogP contribution in [0.3, 0.4) is 0 Å². The van der Waals surface area contributed by atoms with Crippen molar-refractivity contribution in [1.29, 1.82) is 0 Å². The molecule has 1 aromatic carbocycles. The molecule has 2 rings (SSSR count). The van der Waals surface area contributed by atoms with Gasteiger partial charge in [0, 0.05) is 0 Å². The summed E-state index contributed by atoms with van der Waals surface area (Å²) < 4.78 is 0. The second kappa shape index (κ2) is 13.5. The molecule has 0 bridgehead atoms. The standard InChI is InChI=1S/C20H28O.C8H11NO2/c1-16(8-6-9-17(2)13-15-21)11-12-19-18(3)10-7-14-20(19,4)5;9-4-3-6-1-2-7(10)8(11)5-6/h6,8-9,11-13,15H,7,10,14H2,1-5H3;1-2,5,10-11H,3-4,9H2/b9-6+,12-11+,16-8+,17-13+;. The molecule has 4 nitrogen and oxygen atoms in total. The fourth-order valence-electron chi connectivity index (χ4n) is 3.69. The van der Waals surface area contributed by atoms with Crippen molar-refractivity contribution in [2.75, 3.05) is 6.54 Å². The van der Waals surface area contributed by atoms with Gasteiger partial charge in [-0.25, -0.2) is 0 Å². The van der Waals surface area contributed by atoms with Crippen molar-refractivity contribution >= 4 is 6.29 Å². The molecule has 4 heteroatoms. The van der Waals surface area contributed by atoms with E-state index in [-0.39, 0.29) is 16.9 Å². The van der Waals surface area contributed by atoms with E-state index in [4.69, 9.17) is 15.9 Å². The molecule has 32 heavy (non-hydrogen) atoms. The van der Waals surface area contributed by atoms with Gasteiger partial charge in [-0.15, -0.1) is 0 Å². The van der Waals surface area contributed by atoms with Crippen LogP contribution in [0.4, 0.5) is 0 Å². The van der Waals surface area contributed by atoms with Crippen LogP contribution in [-0.2, 0) is 11.2 Å². The topological polar surface area (TPSA) is 83.6 Å². The van der Waals surface area contributed by atoms with Crippen LogP contribution in [0, 0.1) is 5.41 Å². The SMILES string of the molecule is CC1=C(/C=C/C(C)=C/C=C/C(C)=C/C=O)C(C)(C)CCC1.NCCc1ccc(O)c(O)c1. The molecule has 0 saturated heterocycles. The van der Waals surface area contributed by atoms with E-state index in [2.05, 4.69) is 45.9 Å². The maximum Gasteiger partial charge on any atom is 0.157 e. The van der Waals surface area contributed by atoms with Crippen molar-refractivity contribution in [3.8, 4) is 11.5 Å². The molecule has 0 saturated carbocycles. The summed E-state index contributed by atoms with van der Waals surface area (Å²) in [6, 6.07) is 4.71. The minimum atomic E-state index is -0.0919. The van der Waals surface area contributed by atoms with Gasteiger partial charge in [0.25, 0.3) is 0 Å². The second-order valence-electron chi connectivity index (χ2n) is 8.94. The first-order valence-electron chi connectivity index (χ1n) is 11.2. The lowest BCUT2D eigenvalue weighted by atomic mass is 9.72. The summed E-state index contributed by atoms with van der Waals surface area (Å²) >= 11 is 0. The van der Waals surface area contributed by atoms with Gasteiger partial charge in [-0.1, -0.05) is 61.4 Å². The Labute approximate surface area is 193 Å². The Morgan fingerprint density at radius 1 is 1.09 bits per heavy atom. The molecular weight excluding hydrogens is 398 g/mol. The molecule has 1 aromatic rings. The Kier molecular flexibility index (Phi) is 11.5. The first-order valence-corrected chi connectivity index (χ1v) is 11.2. The summed E-state index contributed by atoms with van der Waals surface area (Å²) in [7, 11) is 0. The van der Waals surface area contributed by atoms with Crippen LogP contribution in [-0.4, -0.2) is 23.0 Å². The third kappa shape index (κ3) is 9.52. The molecule has 0 heterocycles. The smallest absolute Gasteiger partial charge is 0.157 e. The molecule has 0 aliphatic heterocycles. The summed E-state index contributed by atoms with van der Waals surface area (Å²) in [6.45, 7) is 11.5. The van der Waals surface area contributed by atoms with Gasteiger partial charge in [0.2, 0.25) is 0 Å². The zero-order valence-electron chi connectivity index (χ0n) is 20.2. The maximum absolute atomic E-state index is 10.3. The van der Waals surface area contributed by atoms with Crippen LogP contribution in [0.2, 0.25) is 0 Å². The van der Waals surface area contributed by atoms with E-state index in [9.17, 15) is 4.79 Å². The average Bonchev–Trinajstić information content (AvgIpc) is 2.71. The van der Waals surface area contributed by atoms with Gasteiger partial charge in [0.1, 0.15) is 6.29 Å². The van der Waals surface area contributed by atoms with Gasteiger partial charge in [0.15, 0.2) is 11.5 Å². The molecule has 0 spiro atoms. The number of benzene rings is 1. The van der Waals surface area contributed by atoms with Crippen LogP contribution >= 0.6 is 0 Å². The molecule has 0 amide bonds. The van der Waals surface area contributed by atoms with Gasteiger partial charge >= 0.3 is 0 Å². The van der Waals surface area contributed by atoms with Crippen LogP contribution in [0.25, 0.3) is 0 Å². The molecule has 174 valence electrons. The minimum Gasteiger partial charge on any atom is -0.504 e. The molecule has 0 aromatic heterocycles. The van der Waals surface area contributed by atoms with E-state index < -0.39 is 0 Å². The van der Waals surface area contributed by atoms with Gasteiger partial charge < -0.3 is 15.9 Å². The number of phenolic OH excluding ortho intramolecular Hbond substituents is 2. The predicted molar refractivity (Wildman–Crippen MR) is 135 cm³/mol. The maximum atomic E-state index is 10.3. The van der Waals surface area contributed by atoms with Crippen molar-refractivity contribution < 1.29 is 15.0 Å². The number of aromatic hydroxyl groups is 2. The molecular formula is C28H39NO3. The number of hydrogen-bond donors (Lipinski definition) is 3. The molecule has 4 N–H and O–H groups in total. The highest BCUT2D eigenvalue weighted by molar-refractivity contribution is 5.66. The molecule has 0 radical (unpaired) electrons. The molecule has 1 aliphatic rings. The van der Waals surface area contributed by atoms with E-state index >= 15 is 0 Å². The summed E-state index contributed by atoms with van der Waals surface area (Å²) in [5.41, 5.74) is 11.7. The normalized spacial score (nSPS) is 16.9. The van der Waals surface area contributed by atoms with E-state index in [1.165, 1.54) is 48.1 Å². The largest absolute Gasteiger partial charge is 0.504 e. The van der Waals surface area contributed by atoms with Crippen molar-refractivity contribution in [3.63, 3.8) is 0 Å². The molecule has 0 fully saturated rings. The lowest BCUT2D eigenvalue weighted by Crippen LogP contribution is -2.19. The number of phenols is 2. The van der Waals surface area contributed by atoms with E-state index in [1.54, 1.807) is 12.1 Å². The summed E-state index contributed by atoms with van der Waals surface area (Å²) in [6.07, 6.45) is 17.4. The summed E-state index contributed by atoms with van der Waals surface area (Å²) in [4.78, 5) is 10.3. The number of aldehydes is 1.